The molecular formula is C14H14FN5O. The molecule has 0 N–H and O–H groups in total. The fraction of sp³-hybridized carbons (Fsp3) is 0.429. The van der Waals surface area contributed by atoms with Crippen LogP contribution in [-0.4, -0.2) is 24.9 Å². The highest BCUT2D eigenvalue weighted by Crippen LogP contribution is 2.34. The first kappa shape index (κ1) is 12.4. The van der Waals surface area contributed by atoms with Crippen LogP contribution >= 0.6 is 0 Å². The van der Waals surface area contributed by atoms with Crippen LogP contribution < -0.4 is 0 Å². The molecule has 1 saturated carbocycles. The molecule has 0 spiro atoms. The molecule has 6 nitrogen and oxygen atoms in total. The Hall–Kier alpha value is -2.31. The second-order valence-corrected chi connectivity index (χ2v) is 5.44. The van der Waals surface area contributed by atoms with Gasteiger partial charge in [-0.25, -0.2) is 9.67 Å². The number of nitrogens with zero attached hydrogens (tertiary/aromatic N) is 5. The van der Waals surface area contributed by atoms with Gasteiger partial charge < -0.3 is 4.52 Å². The minimum atomic E-state index is -0.734. The highest BCUT2D eigenvalue weighted by molar-refractivity contribution is 5.89. The van der Waals surface area contributed by atoms with E-state index in [1.165, 1.54) is 6.20 Å². The summed E-state index contributed by atoms with van der Waals surface area (Å²) in [6.45, 7) is 1.85. The van der Waals surface area contributed by atoms with E-state index in [1.54, 1.807) is 0 Å². The molecule has 21 heavy (non-hydrogen) atoms. The van der Waals surface area contributed by atoms with E-state index in [9.17, 15) is 4.39 Å². The second-order valence-electron chi connectivity index (χ2n) is 5.44. The lowest BCUT2D eigenvalue weighted by atomic mass is 10.2. The number of fused-ring (bicyclic) bond motifs is 1. The average molecular weight is 287 g/mol. The number of hydrogen-bond acceptors (Lipinski definition) is 5. The van der Waals surface area contributed by atoms with Crippen molar-refractivity contribution < 1.29 is 8.91 Å². The standard InChI is InChI=1S/C14H14FN5O/c1-8-6-11(21-19-8)12-10-7-16-14(15)17-13(10)20(18-12)9-4-2-3-5-9/h6-7,9H,2-5H2,1H3. The molecule has 7 heteroatoms. The fourth-order valence-corrected chi connectivity index (χ4v) is 2.96. The molecule has 3 aromatic rings. The Balaban J connectivity index is 1.94. The molecule has 108 valence electrons. The van der Waals surface area contributed by atoms with Gasteiger partial charge in [0.1, 0.15) is 5.69 Å². The molecule has 0 radical (unpaired) electrons. The summed E-state index contributed by atoms with van der Waals surface area (Å²) < 4.78 is 20.5. The van der Waals surface area contributed by atoms with Crippen LogP contribution in [0.1, 0.15) is 37.4 Å². The summed E-state index contributed by atoms with van der Waals surface area (Å²) in [5, 5.41) is 9.19. The topological polar surface area (TPSA) is 69.6 Å². The van der Waals surface area contributed by atoms with E-state index in [2.05, 4.69) is 20.2 Å². The maximum atomic E-state index is 13.4. The summed E-state index contributed by atoms with van der Waals surface area (Å²) in [7, 11) is 0. The molecule has 0 amide bonds. The van der Waals surface area contributed by atoms with Gasteiger partial charge in [0.25, 0.3) is 0 Å². The summed E-state index contributed by atoms with van der Waals surface area (Å²) in [5.74, 6) is 0.560. The summed E-state index contributed by atoms with van der Waals surface area (Å²) >= 11 is 0. The van der Waals surface area contributed by atoms with E-state index in [0.717, 1.165) is 31.4 Å². The van der Waals surface area contributed by atoms with Crippen LogP contribution in [0.2, 0.25) is 0 Å². The van der Waals surface area contributed by atoms with Crippen LogP contribution in [0.4, 0.5) is 4.39 Å². The SMILES string of the molecule is Cc1cc(-c2nn(C3CCCC3)c3nc(F)ncc23)on1. The van der Waals surface area contributed by atoms with Crippen LogP contribution in [0.3, 0.4) is 0 Å². The van der Waals surface area contributed by atoms with Crippen LogP contribution in [0.5, 0.6) is 0 Å². The first-order valence-corrected chi connectivity index (χ1v) is 7.07. The lowest BCUT2D eigenvalue weighted by Gasteiger charge is -2.09. The molecule has 0 aliphatic heterocycles. The number of halogens is 1. The van der Waals surface area contributed by atoms with E-state index < -0.39 is 6.08 Å². The van der Waals surface area contributed by atoms with Crippen molar-refractivity contribution >= 4 is 11.0 Å². The number of rotatable bonds is 2. The summed E-state index contributed by atoms with van der Waals surface area (Å²) in [6, 6.07) is 2.07. The predicted molar refractivity (Wildman–Crippen MR) is 73.0 cm³/mol. The van der Waals surface area contributed by atoms with Gasteiger partial charge in [-0.15, -0.1) is 0 Å². The molecule has 0 aromatic carbocycles. The summed E-state index contributed by atoms with van der Waals surface area (Å²) in [5.41, 5.74) is 1.92. The van der Waals surface area contributed by atoms with Gasteiger partial charge in [0.05, 0.1) is 17.1 Å². The van der Waals surface area contributed by atoms with Crippen molar-refractivity contribution in [1.29, 1.82) is 0 Å². The molecule has 3 aromatic heterocycles. The Kier molecular flexibility index (Phi) is 2.73. The second kappa shape index (κ2) is 4.61. The monoisotopic (exact) mass is 287 g/mol. The number of aryl methyl sites for hydroxylation is 1. The quantitative estimate of drug-likeness (QED) is 0.677. The van der Waals surface area contributed by atoms with Gasteiger partial charge in [-0.2, -0.15) is 14.5 Å². The Bertz CT molecular complexity index is 803. The van der Waals surface area contributed by atoms with Crippen LogP contribution in [0, 0.1) is 13.0 Å². The number of aromatic nitrogens is 5. The van der Waals surface area contributed by atoms with Crippen molar-refractivity contribution in [2.24, 2.45) is 0 Å². The Morgan fingerprint density at radius 2 is 2.14 bits per heavy atom. The maximum absolute atomic E-state index is 13.4. The Morgan fingerprint density at radius 3 is 2.86 bits per heavy atom. The van der Waals surface area contributed by atoms with E-state index in [4.69, 9.17) is 4.52 Å². The molecular weight excluding hydrogens is 273 g/mol. The highest BCUT2D eigenvalue weighted by atomic mass is 19.1. The molecule has 0 bridgehead atoms. The van der Waals surface area contributed by atoms with Crippen LogP contribution in [-0.2, 0) is 0 Å². The minimum absolute atomic E-state index is 0.263. The van der Waals surface area contributed by atoms with Gasteiger partial charge in [-0.1, -0.05) is 18.0 Å². The lowest BCUT2D eigenvalue weighted by molar-refractivity contribution is 0.423. The van der Waals surface area contributed by atoms with Gasteiger partial charge >= 0.3 is 6.08 Å². The first-order chi connectivity index (χ1) is 10.2. The molecule has 0 unspecified atom stereocenters. The highest BCUT2D eigenvalue weighted by Gasteiger charge is 2.25. The van der Waals surface area contributed by atoms with Crippen molar-refractivity contribution in [2.45, 2.75) is 38.6 Å². The molecule has 1 aliphatic rings. The third-order valence-electron chi connectivity index (χ3n) is 3.95. The summed E-state index contributed by atoms with van der Waals surface area (Å²) in [4.78, 5) is 7.58. The zero-order valence-corrected chi connectivity index (χ0v) is 11.6. The van der Waals surface area contributed by atoms with Gasteiger partial charge in [-0.3, -0.25) is 0 Å². The molecule has 0 saturated heterocycles. The van der Waals surface area contributed by atoms with Crippen molar-refractivity contribution in [3.63, 3.8) is 0 Å². The zero-order chi connectivity index (χ0) is 14.4. The third kappa shape index (κ3) is 2.00. The van der Waals surface area contributed by atoms with E-state index >= 15 is 0 Å². The van der Waals surface area contributed by atoms with Crippen molar-refractivity contribution in [3.05, 3.63) is 24.0 Å². The average Bonchev–Trinajstić information content (AvgIpc) is 3.16. The van der Waals surface area contributed by atoms with Crippen LogP contribution in [0.15, 0.2) is 16.8 Å². The minimum Gasteiger partial charge on any atom is -0.354 e. The Morgan fingerprint density at radius 1 is 1.33 bits per heavy atom. The third-order valence-corrected chi connectivity index (χ3v) is 3.95. The lowest BCUT2D eigenvalue weighted by Crippen LogP contribution is -2.08. The van der Waals surface area contributed by atoms with Crippen molar-refractivity contribution in [2.75, 3.05) is 0 Å². The smallest absolute Gasteiger partial charge is 0.310 e. The van der Waals surface area contributed by atoms with E-state index in [-0.39, 0.29) is 6.04 Å². The van der Waals surface area contributed by atoms with Gasteiger partial charge in [0.15, 0.2) is 11.4 Å². The molecule has 3 heterocycles. The normalized spacial score (nSPS) is 16.1. The largest absolute Gasteiger partial charge is 0.354 e. The molecule has 1 fully saturated rings. The van der Waals surface area contributed by atoms with Crippen LogP contribution in [0.25, 0.3) is 22.5 Å². The summed E-state index contributed by atoms with van der Waals surface area (Å²) in [6.07, 6.45) is 5.13. The van der Waals surface area contributed by atoms with E-state index in [0.29, 0.717) is 22.5 Å². The zero-order valence-electron chi connectivity index (χ0n) is 11.6. The van der Waals surface area contributed by atoms with Gasteiger partial charge in [0.2, 0.25) is 0 Å². The molecule has 0 atom stereocenters. The number of hydrogen-bond donors (Lipinski definition) is 0. The Labute approximate surface area is 120 Å². The van der Waals surface area contributed by atoms with Gasteiger partial charge in [0, 0.05) is 12.3 Å². The maximum Gasteiger partial charge on any atom is 0.310 e. The van der Waals surface area contributed by atoms with Gasteiger partial charge in [-0.05, 0) is 19.8 Å². The predicted octanol–water partition coefficient (Wildman–Crippen LogP) is 3.04. The van der Waals surface area contributed by atoms with Crippen molar-refractivity contribution in [1.82, 2.24) is 24.9 Å². The molecule has 1 aliphatic carbocycles. The fourth-order valence-electron chi connectivity index (χ4n) is 2.96. The van der Waals surface area contributed by atoms with E-state index in [1.807, 2.05) is 17.7 Å². The first-order valence-electron chi connectivity index (χ1n) is 7.07. The van der Waals surface area contributed by atoms with Crippen molar-refractivity contribution in [3.8, 4) is 11.5 Å². The molecule has 4 rings (SSSR count).